The van der Waals surface area contributed by atoms with Crippen LogP contribution in [0.3, 0.4) is 0 Å². The molecule has 0 aromatic carbocycles. The van der Waals surface area contributed by atoms with Gasteiger partial charge in [-0.1, -0.05) is 6.92 Å². The van der Waals surface area contributed by atoms with E-state index in [2.05, 4.69) is 27.3 Å². The number of ether oxygens (including phenoxy) is 1. The summed E-state index contributed by atoms with van der Waals surface area (Å²) in [5.41, 5.74) is 0.990. The van der Waals surface area contributed by atoms with Crippen molar-refractivity contribution in [2.75, 3.05) is 7.05 Å². The number of hydrogen-bond donors (Lipinski definition) is 1. The van der Waals surface area contributed by atoms with E-state index in [9.17, 15) is 0 Å². The molecule has 6 nitrogen and oxygen atoms in total. The first kappa shape index (κ1) is 13.5. The summed E-state index contributed by atoms with van der Waals surface area (Å²) in [5.74, 6) is 1.58. The fourth-order valence-electron chi connectivity index (χ4n) is 1.73. The van der Waals surface area contributed by atoms with Crippen LogP contribution in [0.2, 0.25) is 0 Å². The average molecular weight is 261 g/mol. The van der Waals surface area contributed by atoms with E-state index < -0.39 is 0 Å². The molecule has 0 fully saturated rings. The summed E-state index contributed by atoms with van der Waals surface area (Å²) in [6.07, 6.45) is 4.31. The van der Waals surface area contributed by atoms with Crippen LogP contribution in [0.15, 0.2) is 24.7 Å². The largest absolute Gasteiger partial charge is 0.484 e. The third-order valence-electron chi connectivity index (χ3n) is 2.65. The van der Waals surface area contributed by atoms with E-state index in [-0.39, 0.29) is 0 Å². The van der Waals surface area contributed by atoms with Crippen molar-refractivity contribution in [3.63, 3.8) is 0 Å². The van der Waals surface area contributed by atoms with E-state index >= 15 is 0 Å². The Hall–Kier alpha value is -1.95. The molecule has 2 aromatic rings. The molecule has 0 aliphatic heterocycles. The van der Waals surface area contributed by atoms with E-state index in [1.165, 1.54) is 0 Å². The number of nitrogens with one attached hydrogen (secondary N) is 1. The predicted molar refractivity (Wildman–Crippen MR) is 71.6 cm³/mol. The zero-order chi connectivity index (χ0) is 13.5. The van der Waals surface area contributed by atoms with Crippen LogP contribution in [-0.4, -0.2) is 26.8 Å². The second kappa shape index (κ2) is 6.84. The molecular weight excluding hydrogens is 242 g/mol. The molecule has 0 saturated carbocycles. The molecule has 0 radical (unpaired) electrons. The van der Waals surface area contributed by atoms with Gasteiger partial charge in [0.25, 0.3) is 0 Å². The Morgan fingerprint density at radius 1 is 1.32 bits per heavy atom. The van der Waals surface area contributed by atoms with Crippen LogP contribution in [0.4, 0.5) is 0 Å². The van der Waals surface area contributed by atoms with E-state index in [1.54, 1.807) is 12.5 Å². The Morgan fingerprint density at radius 2 is 2.21 bits per heavy atom. The molecule has 1 N–H and O–H groups in total. The lowest BCUT2D eigenvalue weighted by molar-refractivity contribution is 0.285. The van der Waals surface area contributed by atoms with Gasteiger partial charge in [-0.25, -0.2) is 9.67 Å². The van der Waals surface area contributed by atoms with Crippen molar-refractivity contribution in [2.24, 2.45) is 0 Å². The lowest BCUT2D eigenvalue weighted by atomic mass is 10.3. The number of hydrogen-bond acceptors (Lipinski definition) is 5. The topological polar surface area (TPSA) is 64.9 Å². The fraction of sp³-hybridized carbons (Fsp3) is 0.462. The maximum Gasteiger partial charge on any atom is 0.164 e. The molecule has 0 aliphatic rings. The van der Waals surface area contributed by atoms with Crippen molar-refractivity contribution in [3.05, 3.63) is 36.2 Å². The Morgan fingerprint density at radius 3 is 2.89 bits per heavy atom. The van der Waals surface area contributed by atoms with E-state index in [4.69, 9.17) is 4.74 Å². The molecule has 0 spiro atoms. The Kier molecular flexibility index (Phi) is 4.85. The third kappa shape index (κ3) is 3.75. The van der Waals surface area contributed by atoms with Gasteiger partial charge in [0.1, 0.15) is 18.7 Å². The number of pyridine rings is 1. The van der Waals surface area contributed by atoms with Gasteiger partial charge in [0.05, 0.1) is 11.9 Å². The molecule has 0 saturated heterocycles. The molecule has 0 unspecified atom stereocenters. The lowest BCUT2D eigenvalue weighted by Gasteiger charge is -2.07. The number of aryl methyl sites for hydroxylation is 1. The molecule has 2 heterocycles. The highest BCUT2D eigenvalue weighted by Gasteiger charge is 2.04. The van der Waals surface area contributed by atoms with E-state index in [0.717, 1.165) is 36.8 Å². The average Bonchev–Trinajstić information content (AvgIpc) is 2.86. The van der Waals surface area contributed by atoms with Crippen LogP contribution in [0.25, 0.3) is 0 Å². The van der Waals surface area contributed by atoms with Crippen LogP contribution in [0.1, 0.15) is 24.9 Å². The van der Waals surface area contributed by atoms with Crippen molar-refractivity contribution >= 4 is 0 Å². The summed E-state index contributed by atoms with van der Waals surface area (Å²) in [6, 6.07) is 3.86. The first-order valence-electron chi connectivity index (χ1n) is 6.42. The van der Waals surface area contributed by atoms with Crippen molar-refractivity contribution in [3.8, 4) is 5.75 Å². The quantitative estimate of drug-likeness (QED) is 0.815. The smallest absolute Gasteiger partial charge is 0.164 e. The third-order valence-corrected chi connectivity index (χ3v) is 2.65. The summed E-state index contributed by atoms with van der Waals surface area (Å²) in [6.45, 7) is 4.13. The van der Waals surface area contributed by atoms with E-state index in [0.29, 0.717) is 6.61 Å². The summed E-state index contributed by atoms with van der Waals surface area (Å²) in [4.78, 5) is 8.49. The minimum Gasteiger partial charge on any atom is -0.484 e. The second-order valence-corrected chi connectivity index (χ2v) is 4.20. The van der Waals surface area contributed by atoms with Crippen molar-refractivity contribution in [1.29, 1.82) is 0 Å². The first-order chi connectivity index (χ1) is 9.33. The minimum absolute atomic E-state index is 0.410. The zero-order valence-electron chi connectivity index (χ0n) is 11.3. The van der Waals surface area contributed by atoms with Gasteiger partial charge in [-0.15, -0.1) is 0 Å². The van der Waals surface area contributed by atoms with Gasteiger partial charge < -0.3 is 10.1 Å². The van der Waals surface area contributed by atoms with Gasteiger partial charge in [-0.2, -0.15) is 5.10 Å². The Bertz CT molecular complexity index is 494. The van der Waals surface area contributed by atoms with Gasteiger partial charge in [0.15, 0.2) is 5.82 Å². The second-order valence-electron chi connectivity index (χ2n) is 4.20. The fourth-order valence-corrected chi connectivity index (χ4v) is 1.73. The summed E-state index contributed by atoms with van der Waals surface area (Å²) >= 11 is 0. The lowest BCUT2D eigenvalue weighted by Crippen LogP contribution is -2.09. The highest BCUT2D eigenvalue weighted by atomic mass is 16.5. The maximum atomic E-state index is 5.66. The van der Waals surface area contributed by atoms with Gasteiger partial charge in [0.2, 0.25) is 0 Å². The molecule has 6 heteroatoms. The molecule has 2 rings (SSSR count). The normalized spacial score (nSPS) is 10.6. The SMILES string of the molecule is CCCn1ncnc1COc1ccc(CNC)nc1. The molecular formula is C13H19N5O. The maximum absolute atomic E-state index is 5.66. The predicted octanol–water partition coefficient (Wildman–Crippen LogP) is 1.38. The zero-order valence-corrected chi connectivity index (χ0v) is 11.3. The molecule has 0 bridgehead atoms. The summed E-state index contributed by atoms with van der Waals surface area (Å²) in [5, 5.41) is 7.21. The number of aromatic nitrogens is 4. The highest BCUT2D eigenvalue weighted by molar-refractivity contribution is 5.19. The highest BCUT2D eigenvalue weighted by Crippen LogP contribution is 2.11. The van der Waals surface area contributed by atoms with Crippen LogP contribution >= 0.6 is 0 Å². The van der Waals surface area contributed by atoms with Crippen LogP contribution in [0, 0.1) is 0 Å². The Balaban J connectivity index is 1.92. The van der Waals surface area contributed by atoms with Gasteiger partial charge in [0, 0.05) is 13.1 Å². The van der Waals surface area contributed by atoms with Crippen molar-refractivity contribution in [1.82, 2.24) is 25.1 Å². The van der Waals surface area contributed by atoms with Crippen molar-refractivity contribution in [2.45, 2.75) is 33.0 Å². The monoisotopic (exact) mass is 261 g/mol. The van der Waals surface area contributed by atoms with E-state index in [1.807, 2.05) is 23.9 Å². The molecule has 0 amide bonds. The van der Waals surface area contributed by atoms with Gasteiger partial charge in [-0.3, -0.25) is 4.98 Å². The summed E-state index contributed by atoms with van der Waals surface area (Å²) in [7, 11) is 1.90. The first-order valence-corrected chi connectivity index (χ1v) is 6.42. The Labute approximate surface area is 112 Å². The van der Waals surface area contributed by atoms with Gasteiger partial charge >= 0.3 is 0 Å². The van der Waals surface area contributed by atoms with Crippen LogP contribution in [-0.2, 0) is 19.7 Å². The number of rotatable bonds is 7. The molecule has 2 aromatic heterocycles. The minimum atomic E-state index is 0.410. The van der Waals surface area contributed by atoms with Crippen LogP contribution < -0.4 is 10.1 Å². The standard InChI is InChI=1S/C13H19N5O/c1-3-6-18-13(16-10-17-18)9-19-12-5-4-11(7-14-2)15-8-12/h4-5,8,10,14H,3,6-7,9H2,1-2H3. The number of nitrogens with zero attached hydrogens (tertiary/aromatic N) is 4. The summed E-state index contributed by atoms with van der Waals surface area (Å²) < 4.78 is 7.53. The van der Waals surface area contributed by atoms with Gasteiger partial charge in [-0.05, 0) is 25.6 Å². The van der Waals surface area contributed by atoms with Crippen LogP contribution in [0.5, 0.6) is 5.75 Å². The van der Waals surface area contributed by atoms with Crippen molar-refractivity contribution < 1.29 is 4.74 Å². The molecule has 0 atom stereocenters. The molecule has 0 aliphatic carbocycles. The molecule has 102 valence electrons. The molecule has 19 heavy (non-hydrogen) atoms.